The highest BCUT2D eigenvalue weighted by Crippen LogP contribution is 2.07. The SMILES string of the molecule is CCCCOCCNC(C)(C)C(C)O. The van der Waals surface area contributed by atoms with E-state index in [9.17, 15) is 5.11 Å². The van der Waals surface area contributed by atoms with Crippen LogP contribution in [0.4, 0.5) is 0 Å². The highest BCUT2D eigenvalue weighted by atomic mass is 16.5. The Balaban J connectivity index is 3.35. The fourth-order valence-corrected chi connectivity index (χ4v) is 0.942. The van der Waals surface area contributed by atoms with E-state index in [4.69, 9.17) is 4.74 Å². The molecule has 0 rings (SSSR count). The van der Waals surface area contributed by atoms with Crippen molar-refractivity contribution in [3.05, 3.63) is 0 Å². The maximum atomic E-state index is 9.42. The van der Waals surface area contributed by atoms with Crippen molar-refractivity contribution in [1.29, 1.82) is 0 Å². The molecule has 86 valence electrons. The number of aliphatic hydroxyl groups is 1. The van der Waals surface area contributed by atoms with Gasteiger partial charge in [0.15, 0.2) is 0 Å². The van der Waals surface area contributed by atoms with Gasteiger partial charge in [0.25, 0.3) is 0 Å². The third-order valence-corrected chi connectivity index (χ3v) is 2.51. The van der Waals surface area contributed by atoms with Crippen LogP contribution in [0.15, 0.2) is 0 Å². The molecule has 0 saturated carbocycles. The van der Waals surface area contributed by atoms with Gasteiger partial charge in [-0.2, -0.15) is 0 Å². The van der Waals surface area contributed by atoms with E-state index < -0.39 is 0 Å². The van der Waals surface area contributed by atoms with Gasteiger partial charge < -0.3 is 15.2 Å². The minimum Gasteiger partial charge on any atom is -0.392 e. The quantitative estimate of drug-likeness (QED) is 0.588. The van der Waals surface area contributed by atoms with E-state index in [0.29, 0.717) is 0 Å². The minimum atomic E-state index is -0.349. The summed E-state index contributed by atoms with van der Waals surface area (Å²) in [6.45, 7) is 10.3. The number of unbranched alkanes of at least 4 members (excludes halogenated alkanes) is 1. The molecule has 0 heterocycles. The molecule has 0 aliphatic rings. The first-order chi connectivity index (χ1) is 6.50. The van der Waals surface area contributed by atoms with Crippen LogP contribution in [-0.4, -0.2) is 36.5 Å². The predicted molar refractivity (Wildman–Crippen MR) is 59.5 cm³/mol. The van der Waals surface area contributed by atoms with Crippen LogP contribution in [0.1, 0.15) is 40.5 Å². The number of hydrogen-bond acceptors (Lipinski definition) is 3. The van der Waals surface area contributed by atoms with Gasteiger partial charge in [-0.25, -0.2) is 0 Å². The van der Waals surface area contributed by atoms with Crippen LogP contribution >= 0.6 is 0 Å². The summed E-state index contributed by atoms with van der Waals surface area (Å²) in [5, 5.41) is 12.7. The molecule has 0 aromatic heterocycles. The zero-order valence-electron chi connectivity index (χ0n) is 9.97. The Morgan fingerprint density at radius 2 is 2.00 bits per heavy atom. The summed E-state index contributed by atoms with van der Waals surface area (Å²) < 4.78 is 5.41. The molecule has 0 aromatic carbocycles. The summed E-state index contributed by atoms with van der Waals surface area (Å²) >= 11 is 0. The number of aliphatic hydroxyl groups excluding tert-OH is 1. The standard InChI is InChI=1S/C11H25NO2/c1-5-6-8-14-9-7-12-11(3,4)10(2)13/h10,12-13H,5-9H2,1-4H3. The highest BCUT2D eigenvalue weighted by Gasteiger charge is 2.22. The lowest BCUT2D eigenvalue weighted by Crippen LogP contribution is -2.49. The topological polar surface area (TPSA) is 41.5 Å². The lowest BCUT2D eigenvalue weighted by molar-refractivity contribution is 0.0804. The zero-order chi connectivity index (χ0) is 11.0. The summed E-state index contributed by atoms with van der Waals surface area (Å²) in [7, 11) is 0. The lowest BCUT2D eigenvalue weighted by Gasteiger charge is -2.29. The monoisotopic (exact) mass is 203 g/mol. The van der Waals surface area contributed by atoms with Gasteiger partial charge in [-0.3, -0.25) is 0 Å². The Labute approximate surface area is 87.8 Å². The van der Waals surface area contributed by atoms with E-state index >= 15 is 0 Å². The molecule has 0 aliphatic heterocycles. The van der Waals surface area contributed by atoms with Crippen molar-refractivity contribution >= 4 is 0 Å². The van der Waals surface area contributed by atoms with E-state index in [0.717, 1.165) is 26.2 Å². The average molecular weight is 203 g/mol. The number of ether oxygens (including phenoxy) is 1. The third-order valence-electron chi connectivity index (χ3n) is 2.51. The molecule has 1 unspecified atom stereocenters. The van der Waals surface area contributed by atoms with Gasteiger partial charge in [0, 0.05) is 18.7 Å². The van der Waals surface area contributed by atoms with Crippen molar-refractivity contribution in [2.45, 2.75) is 52.2 Å². The molecule has 0 aliphatic carbocycles. The molecule has 0 amide bonds. The molecule has 3 heteroatoms. The third kappa shape index (κ3) is 6.35. The molecule has 0 saturated heterocycles. The van der Waals surface area contributed by atoms with E-state index in [2.05, 4.69) is 12.2 Å². The number of nitrogens with one attached hydrogen (secondary N) is 1. The van der Waals surface area contributed by atoms with Crippen LogP contribution in [0.5, 0.6) is 0 Å². The van der Waals surface area contributed by atoms with Crippen molar-refractivity contribution in [2.24, 2.45) is 0 Å². The second-order valence-corrected chi connectivity index (χ2v) is 4.29. The summed E-state index contributed by atoms with van der Waals surface area (Å²) in [6.07, 6.45) is 1.95. The molecule has 0 bridgehead atoms. The smallest absolute Gasteiger partial charge is 0.0688 e. The fourth-order valence-electron chi connectivity index (χ4n) is 0.942. The summed E-state index contributed by atoms with van der Waals surface area (Å²) in [6, 6.07) is 0. The van der Waals surface area contributed by atoms with Crippen molar-refractivity contribution in [3.8, 4) is 0 Å². The van der Waals surface area contributed by atoms with E-state index in [-0.39, 0.29) is 11.6 Å². The van der Waals surface area contributed by atoms with Crippen LogP contribution in [0.3, 0.4) is 0 Å². The van der Waals surface area contributed by atoms with E-state index in [1.54, 1.807) is 6.92 Å². The Hall–Kier alpha value is -0.120. The van der Waals surface area contributed by atoms with Gasteiger partial charge in [0.2, 0.25) is 0 Å². The molecule has 3 nitrogen and oxygen atoms in total. The Morgan fingerprint density at radius 1 is 1.36 bits per heavy atom. The first kappa shape index (κ1) is 13.9. The maximum absolute atomic E-state index is 9.42. The van der Waals surface area contributed by atoms with Crippen LogP contribution in [0.2, 0.25) is 0 Å². The minimum absolute atomic E-state index is 0.228. The van der Waals surface area contributed by atoms with Gasteiger partial charge in [-0.05, 0) is 27.2 Å². The normalized spacial score (nSPS) is 14.4. The van der Waals surface area contributed by atoms with Gasteiger partial charge in [0.05, 0.1) is 12.7 Å². The lowest BCUT2D eigenvalue weighted by atomic mass is 9.99. The average Bonchev–Trinajstić information content (AvgIpc) is 2.10. The van der Waals surface area contributed by atoms with Gasteiger partial charge in [0.1, 0.15) is 0 Å². The van der Waals surface area contributed by atoms with E-state index in [1.165, 1.54) is 6.42 Å². The molecule has 0 radical (unpaired) electrons. The van der Waals surface area contributed by atoms with Crippen molar-refractivity contribution in [2.75, 3.05) is 19.8 Å². The van der Waals surface area contributed by atoms with Crippen LogP contribution in [0, 0.1) is 0 Å². The molecule has 1 atom stereocenters. The summed E-state index contributed by atoms with van der Waals surface area (Å²) in [4.78, 5) is 0. The Morgan fingerprint density at radius 3 is 2.50 bits per heavy atom. The Kier molecular flexibility index (Phi) is 7.15. The van der Waals surface area contributed by atoms with Gasteiger partial charge >= 0.3 is 0 Å². The van der Waals surface area contributed by atoms with Gasteiger partial charge in [-0.15, -0.1) is 0 Å². The van der Waals surface area contributed by atoms with Gasteiger partial charge in [-0.1, -0.05) is 13.3 Å². The second-order valence-electron chi connectivity index (χ2n) is 4.29. The van der Waals surface area contributed by atoms with Crippen molar-refractivity contribution < 1.29 is 9.84 Å². The molecule has 0 fully saturated rings. The first-order valence-corrected chi connectivity index (χ1v) is 5.51. The van der Waals surface area contributed by atoms with Crippen molar-refractivity contribution in [3.63, 3.8) is 0 Å². The maximum Gasteiger partial charge on any atom is 0.0688 e. The van der Waals surface area contributed by atoms with Crippen LogP contribution in [0.25, 0.3) is 0 Å². The Bertz CT molecular complexity index is 135. The van der Waals surface area contributed by atoms with Crippen molar-refractivity contribution in [1.82, 2.24) is 5.32 Å². The molecule has 2 N–H and O–H groups in total. The molecule has 0 spiro atoms. The number of hydrogen-bond donors (Lipinski definition) is 2. The second kappa shape index (κ2) is 7.21. The predicted octanol–water partition coefficient (Wildman–Crippen LogP) is 1.55. The summed E-state index contributed by atoms with van der Waals surface area (Å²) in [5.74, 6) is 0. The molecule has 0 aromatic rings. The van der Waals surface area contributed by atoms with E-state index in [1.807, 2.05) is 13.8 Å². The number of rotatable bonds is 8. The fraction of sp³-hybridized carbons (Fsp3) is 1.00. The largest absolute Gasteiger partial charge is 0.392 e. The molecular formula is C11H25NO2. The first-order valence-electron chi connectivity index (χ1n) is 5.51. The van der Waals surface area contributed by atoms with Crippen LogP contribution < -0.4 is 5.32 Å². The highest BCUT2D eigenvalue weighted by molar-refractivity contribution is 4.82. The molecule has 14 heavy (non-hydrogen) atoms. The summed E-state index contributed by atoms with van der Waals surface area (Å²) in [5.41, 5.74) is -0.228. The van der Waals surface area contributed by atoms with Crippen LogP contribution in [-0.2, 0) is 4.74 Å². The molecular weight excluding hydrogens is 178 g/mol. The zero-order valence-corrected chi connectivity index (χ0v) is 9.97.